The SMILES string of the molecule is CCCCCCCc1ccc(CCCC(N)CCP(=O)(O)O)cc1. The van der Waals surface area contributed by atoms with Gasteiger partial charge in [-0.1, -0.05) is 56.9 Å². The molecule has 0 spiro atoms. The van der Waals surface area contributed by atoms with E-state index in [2.05, 4.69) is 31.2 Å². The molecule has 1 aromatic carbocycles. The van der Waals surface area contributed by atoms with Gasteiger partial charge in [0.25, 0.3) is 0 Å². The van der Waals surface area contributed by atoms with E-state index in [4.69, 9.17) is 15.5 Å². The van der Waals surface area contributed by atoms with Gasteiger partial charge in [0.2, 0.25) is 0 Å². The lowest BCUT2D eigenvalue weighted by Gasteiger charge is -2.12. The molecule has 1 unspecified atom stereocenters. The van der Waals surface area contributed by atoms with E-state index in [-0.39, 0.29) is 12.2 Å². The predicted molar refractivity (Wildman–Crippen MR) is 101 cm³/mol. The fourth-order valence-corrected chi connectivity index (χ4v) is 3.52. The van der Waals surface area contributed by atoms with Gasteiger partial charge < -0.3 is 15.5 Å². The summed E-state index contributed by atoms with van der Waals surface area (Å²) < 4.78 is 10.8. The van der Waals surface area contributed by atoms with E-state index in [1.807, 2.05) is 0 Å². The van der Waals surface area contributed by atoms with Gasteiger partial charge in [0.05, 0.1) is 6.16 Å². The van der Waals surface area contributed by atoms with Gasteiger partial charge in [-0.2, -0.15) is 0 Å². The average Bonchev–Trinajstić information content (AvgIpc) is 2.53. The van der Waals surface area contributed by atoms with E-state index in [9.17, 15) is 4.57 Å². The first kappa shape index (κ1) is 21.4. The second-order valence-corrected chi connectivity index (χ2v) is 8.59. The summed E-state index contributed by atoms with van der Waals surface area (Å²) in [6.45, 7) is 2.24. The summed E-state index contributed by atoms with van der Waals surface area (Å²) in [5, 5.41) is 0. The summed E-state index contributed by atoms with van der Waals surface area (Å²) in [6.07, 6.45) is 10.7. The van der Waals surface area contributed by atoms with Crippen molar-refractivity contribution in [3.05, 3.63) is 35.4 Å². The first-order chi connectivity index (χ1) is 11.4. The number of unbranched alkanes of at least 4 members (excludes halogenated alkanes) is 4. The predicted octanol–water partition coefficient (Wildman–Crippen LogP) is 4.42. The molecular formula is C19H34NO3P. The Morgan fingerprint density at radius 2 is 1.46 bits per heavy atom. The molecule has 1 atom stereocenters. The zero-order chi connectivity index (χ0) is 17.8. The molecule has 0 bridgehead atoms. The maximum Gasteiger partial charge on any atom is 0.325 e. The lowest BCUT2D eigenvalue weighted by Crippen LogP contribution is -2.21. The Balaban J connectivity index is 2.18. The van der Waals surface area contributed by atoms with Gasteiger partial charge in [0.15, 0.2) is 0 Å². The van der Waals surface area contributed by atoms with Crippen LogP contribution < -0.4 is 5.73 Å². The number of hydrogen-bond donors (Lipinski definition) is 3. The van der Waals surface area contributed by atoms with Crippen molar-refractivity contribution in [1.29, 1.82) is 0 Å². The van der Waals surface area contributed by atoms with Crippen LogP contribution in [0.25, 0.3) is 0 Å². The van der Waals surface area contributed by atoms with Crippen LogP contribution in [0.4, 0.5) is 0 Å². The minimum absolute atomic E-state index is 0.110. The number of rotatable bonds is 13. The highest BCUT2D eigenvalue weighted by molar-refractivity contribution is 7.51. The lowest BCUT2D eigenvalue weighted by molar-refractivity contribution is 0.368. The van der Waals surface area contributed by atoms with Crippen LogP contribution in [0.2, 0.25) is 0 Å². The van der Waals surface area contributed by atoms with Crippen LogP contribution >= 0.6 is 7.60 Å². The zero-order valence-corrected chi connectivity index (χ0v) is 15.9. The van der Waals surface area contributed by atoms with Gasteiger partial charge in [-0.3, -0.25) is 4.57 Å². The van der Waals surface area contributed by atoms with Crippen molar-refractivity contribution in [3.63, 3.8) is 0 Å². The summed E-state index contributed by atoms with van der Waals surface area (Å²) in [6, 6.07) is 8.72. The summed E-state index contributed by atoms with van der Waals surface area (Å²) in [5.41, 5.74) is 8.64. The van der Waals surface area contributed by atoms with E-state index < -0.39 is 7.60 Å². The van der Waals surface area contributed by atoms with Crippen molar-refractivity contribution in [3.8, 4) is 0 Å². The highest BCUT2D eigenvalue weighted by Gasteiger charge is 2.14. The van der Waals surface area contributed by atoms with Gasteiger partial charge in [0, 0.05) is 6.04 Å². The second kappa shape index (κ2) is 11.8. The summed E-state index contributed by atoms with van der Waals surface area (Å²) in [5.74, 6) is 0. The van der Waals surface area contributed by atoms with Crippen molar-refractivity contribution in [2.75, 3.05) is 6.16 Å². The number of nitrogens with two attached hydrogens (primary N) is 1. The van der Waals surface area contributed by atoms with Crippen LogP contribution in [0, 0.1) is 0 Å². The van der Waals surface area contributed by atoms with Crippen LogP contribution in [-0.2, 0) is 17.4 Å². The summed E-state index contributed by atoms with van der Waals surface area (Å²) in [7, 11) is -3.91. The molecule has 0 fully saturated rings. The molecule has 4 nitrogen and oxygen atoms in total. The fraction of sp³-hybridized carbons (Fsp3) is 0.684. The van der Waals surface area contributed by atoms with E-state index in [0.29, 0.717) is 6.42 Å². The standard InChI is InChI=1S/C19H34NO3P/c1-2-3-4-5-6-8-17-11-13-18(14-12-17)9-7-10-19(20)15-16-24(21,22)23/h11-14,19H,2-10,15-16,20H2,1H3,(H2,21,22,23). The van der Waals surface area contributed by atoms with E-state index in [0.717, 1.165) is 25.7 Å². The van der Waals surface area contributed by atoms with Gasteiger partial charge >= 0.3 is 7.60 Å². The number of hydrogen-bond acceptors (Lipinski definition) is 2. The Hall–Kier alpha value is -0.670. The van der Waals surface area contributed by atoms with Crippen molar-refractivity contribution in [2.45, 2.75) is 77.2 Å². The monoisotopic (exact) mass is 355 g/mol. The Morgan fingerprint density at radius 3 is 2.00 bits per heavy atom. The number of aryl methyl sites for hydroxylation is 2. The third-order valence-corrected chi connectivity index (χ3v) is 5.26. The number of benzene rings is 1. The first-order valence-electron chi connectivity index (χ1n) is 9.28. The lowest BCUT2D eigenvalue weighted by atomic mass is 10.0. The minimum Gasteiger partial charge on any atom is -0.328 e. The van der Waals surface area contributed by atoms with Gasteiger partial charge in [-0.15, -0.1) is 0 Å². The highest BCUT2D eigenvalue weighted by Crippen LogP contribution is 2.35. The molecule has 0 aliphatic rings. The van der Waals surface area contributed by atoms with Crippen LogP contribution in [0.5, 0.6) is 0 Å². The first-order valence-corrected chi connectivity index (χ1v) is 11.1. The maximum atomic E-state index is 10.8. The molecule has 1 aromatic rings. The third-order valence-electron chi connectivity index (χ3n) is 4.42. The fourth-order valence-electron chi connectivity index (χ4n) is 2.85. The molecule has 1 rings (SSSR count). The molecule has 0 aliphatic carbocycles. The summed E-state index contributed by atoms with van der Waals surface area (Å²) in [4.78, 5) is 17.7. The van der Waals surface area contributed by atoms with Crippen molar-refractivity contribution in [1.82, 2.24) is 0 Å². The quantitative estimate of drug-likeness (QED) is 0.361. The smallest absolute Gasteiger partial charge is 0.325 e. The van der Waals surface area contributed by atoms with E-state index >= 15 is 0 Å². The van der Waals surface area contributed by atoms with E-state index in [1.165, 1.54) is 43.2 Å². The molecule has 0 heterocycles. The molecule has 0 radical (unpaired) electrons. The molecule has 4 N–H and O–H groups in total. The molecule has 24 heavy (non-hydrogen) atoms. The minimum atomic E-state index is -3.91. The molecule has 0 aromatic heterocycles. The second-order valence-electron chi connectivity index (χ2n) is 6.81. The molecule has 0 saturated heterocycles. The van der Waals surface area contributed by atoms with Crippen molar-refractivity contribution in [2.24, 2.45) is 5.73 Å². The van der Waals surface area contributed by atoms with Crippen LogP contribution in [0.1, 0.15) is 69.4 Å². The van der Waals surface area contributed by atoms with Crippen molar-refractivity contribution >= 4 is 7.60 Å². The summed E-state index contributed by atoms with van der Waals surface area (Å²) >= 11 is 0. The van der Waals surface area contributed by atoms with Gasteiger partial charge in [0.1, 0.15) is 0 Å². The third kappa shape index (κ3) is 11.0. The topological polar surface area (TPSA) is 83.6 Å². The van der Waals surface area contributed by atoms with Crippen LogP contribution in [0.3, 0.4) is 0 Å². The molecule has 0 aliphatic heterocycles. The Labute approximate surface area is 147 Å². The van der Waals surface area contributed by atoms with E-state index in [1.54, 1.807) is 0 Å². The highest BCUT2D eigenvalue weighted by atomic mass is 31.2. The Kier molecular flexibility index (Phi) is 10.5. The Bertz CT molecular complexity index is 484. The van der Waals surface area contributed by atoms with Gasteiger partial charge in [-0.25, -0.2) is 0 Å². The maximum absolute atomic E-state index is 10.8. The van der Waals surface area contributed by atoms with Gasteiger partial charge in [-0.05, 0) is 49.7 Å². The van der Waals surface area contributed by atoms with Crippen LogP contribution in [0.15, 0.2) is 24.3 Å². The molecule has 0 saturated carbocycles. The largest absolute Gasteiger partial charge is 0.328 e. The average molecular weight is 355 g/mol. The Morgan fingerprint density at radius 1 is 0.917 bits per heavy atom. The zero-order valence-electron chi connectivity index (χ0n) is 15.0. The molecule has 138 valence electrons. The molecule has 5 heteroatoms. The molecule has 0 amide bonds. The van der Waals surface area contributed by atoms with Crippen LogP contribution in [-0.4, -0.2) is 22.0 Å². The normalized spacial score (nSPS) is 13.2. The molecular weight excluding hydrogens is 321 g/mol. The van der Waals surface area contributed by atoms with Crippen molar-refractivity contribution < 1.29 is 14.4 Å².